The number of amides is 1. The van der Waals surface area contributed by atoms with E-state index in [1.807, 2.05) is 0 Å². The van der Waals surface area contributed by atoms with Gasteiger partial charge in [0.05, 0.1) is 4.90 Å². The van der Waals surface area contributed by atoms with E-state index in [1.165, 1.54) is 26.2 Å². The van der Waals surface area contributed by atoms with Crippen LogP contribution in [0.25, 0.3) is 0 Å². The van der Waals surface area contributed by atoms with E-state index in [0.717, 1.165) is 24.8 Å². The molecular formula is C19H26N2O3S. The predicted octanol–water partition coefficient (Wildman–Crippen LogP) is 2.57. The van der Waals surface area contributed by atoms with E-state index < -0.39 is 10.0 Å². The Kier molecular flexibility index (Phi) is 4.15. The van der Waals surface area contributed by atoms with E-state index >= 15 is 0 Å². The summed E-state index contributed by atoms with van der Waals surface area (Å²) in [6.07, 6.45) is 6.87. The summed E-state index contributed by atoms with van der Waals surface area (Å²) in [5.41, 5.74) is 0.673. The maximum atomic E-state index is 12.9. The van der Waals surface area contributed by atoms with E-state index in [4.69, 9.17) is 0 Å². The molecule has 25 heavy (non-hydrogen) atoms. The molecule has 0 radical (unpaired) electrons. The van der Waals surface area contributed by atoms with Gasteiger partial charge in [0.25, 0.3) is 0 Å². The standard InChI is InChI=1S/C19H26N2O3S/c1-13(22)20-12-14-2-4-18(5-3-14)25(23,24)21-19-9-15-6-16(10-19)8-17(7-15)11-19/h2-5,15-17,21H,6-12H2,1H3,(H,20,22). The minimum absolute atomic E-state index is 0.0971. The van der Waals surface area contributed by atoms with Crippen molar-refractivity contribution in [2.75, 3.05) is 0 Å². The molecule has 0 unspecified atom stereocenters. The molecule has 6 heteroatoms. The Bertz CT molecular complexity index is 735. The van der Waals surface area contributed by atoms with Gasteiger partial charge in [0, 0.05) is 19.0 Å². The molecule has 0 heterocycles. The van der Waals surface area contributed by atoms with Crippen LogP contribution in [0.3, 0.4) is 0 Å². The fraction of sp³-hybridized carbons (Fsp3) is 0.632. The Morgan fingerprint density at radius 2 is 1.56 bits per heavy atom. The summed E-state index contributed by atoms with van der Waals surface area (Å²) in [5.74, 6) is 2.01. The van der Waals surface area contributed by atoms with Crippen molar-refractivity contribution in [1.82, 2.24) is 10.0 Å². The van der Waals surface area contributed by atoms with Gasteiger partial charge in [0.1, 0.15) is 0 Å². The Morgan fingerprint density at radius 1 is 1.04 bits per heavy atom. The van der Waals surface area contributed by atoms with Crippen molar-refractivity contribution >= 4 is 15.9 Å². The molecule has 4 fully saturated rings. The lowest BCUT2D eigenvalue weighted by atomic mass is 9.53. The topological polar surface area (TPSA) is 75.3 Å². The fourth-order valence-electron chi connectivity index (χ4n) is 5.59. The molecule has 4 bridgehead atoms. The highest BCUT2D eigenvalue weighted by Crippen LogP contribution is 2.55. The van der Waals surface area contributed by atoms with Crippen molar-refractivity contribution in [1.29, 1.82) is 0 Å². The average Bonchev–Trinajstić information content (AvgIpc) is 2.51. The van der Waals surface area contributed by atoms with Crippen molar-refractivity contribution in [2.24, 2.45) is 17.8 Å². The lowest BCUT2D eigenvalue weighted by Gasteiger charge is -2.56. The second-order valence-corrected chi connectivity index (χ2v) is 10.0. The largest absolute Gasteiger partial charge is 0.352 e. The van der Waals surface area contributed by atoms with Crippen LogP contribution in [0, 0.1) is 17.8 Å². The van der Waals surface area contributed by atoms with E-state index in [-0.39, 0.29) is 11.4 Å². The molecule has 4 aliphatic carbocycles. The number of benzene rings is 1. The molecule has 4 aliphatic rings. The minimum atomic E-state index is -3.51. The van der Waals surface area contributed by atoms with Gasteiger partial charge in [0.2, 0.25) is 15.9 Å². The zero-order chi connectivity index (χ0) is 17.7. The highest BCUT2D eigenvalue weighted by Gasteiger charge is 2.52. The Balaban J connectivity index is 1.49. The minimum Gasteiger partial charge on any atom is -0.352 e. The van der Waals surface area contributed by atoms with Crippen LogP contribution in [0.15, 0.2) is 29.2 Å². The second-order valence-electron chi connectivity index (χ2n) is 8.36. The SMILES string of the molecule is CC(=O)NCc1ccc(S(=O)(=O)NC23CC4CC(CC(C4)C2)C3)cc1. The Hall–Kier alpha value is -1.40. The summed E-state index contributed by atoms with van der Waals surface area (Å²) in [6, 6.07) is 6.81. The molecule has 4 saturated carbocycles. The van der Waals surface area contributed by atoms with Crippen LogP contribution < -0.4 is 10.0 Å². The van der Waals surface area contributed by atoms with Crippen molar-refractivity contribution in [3.8, 4) is 0 Å². The summed E-state index contributed by atoms with van der Waals surface area (Å²) >= 11 is 0. The number of hydrogen-bond donors (Lipinski definition) is 2. The zero-order valence-electron chi connectivity index (χ0n) is 14.6. The monoisotopic (exact) mass is 362 g/mol. The number of rotatable bonds is 5. The van der Waals surface area contributed by atoms with Crippen LogP contribution in [0.5, 0.6) is 0 Å². The van der Waals surface area contributed by atoms with Gasteiger partial charge in [0.15, 0.2) is 0 Å². The molecule has 1 aromatic carbocycles. The van der Waals surface area contributed by atoms with Crippen molar-refractivity contribution in [3.05, 3.63) is 29.8 Å². The van der Waals surface area contributed by atoms with Gasteiger partial charge < -0.3 is 5.32 Å². The van der Waals surface area contributed by atoms with Crippen LogP contribution in [0.2, 0.25) is 0 Å². The van der Waals surface area contributed by atoms with Gasteiger partial charge in [-0.25, -0.2) is 13.1 Å². The highest BCUT2D eigenvalue weighted by molar-refractivity contribution is 7.89. The third-order valence-corrected chi connectivity index (χ3v) is 7.76. The van der Waals surface area contributed by atoms with Crippen LogP contribution in [0.4, 0.5) is 0 Å². The van der Waals surface area contributed by atoms with Crippen LogP contribution in [-0.2, 0) is 21.4 Å². The van der Waals surface area contributed by atoms with Gasteiger partial charge in [-0.2, -0.15) is 0 Å². The van der Waals surface area contributed by atoms with Crippen molar-refractivity contribution in [2.45, 2.75) is 62.4 Å². The maximum absolute atomic E-state index is 12.9. The first kappa shape index (κ1) is 17.0. The smallest absolute Gasteiger partial charge is 0.241 e. The van der Waals surface area contributed by atoms with Crippen LogP contribution >= 0.6 is 0 Å². The van der Waals surface area contributed by atoms with Gasteiger partial charge in [-0.3, -0.25) is 4.79 Å². The van der Waals surface area contributed by atoms with Crippen molar-refractivity contribution in [3.63, 3.8) is 0 Å². The number of carbonyl (C=O) groups is 1. The molecule has 0 spiro atoms. The predicted molar refractivity (Wildman–Crippen MR) is 95.2 cm³/mol. The average molecular weight is 362 g/mol. The second kappa shape index (κ2) is 6.09. The molecule has 2 N–H and O–H groups in total. The van der Waals surface area contributed by atoms with Crippen LogP contribution in [0.1, 0.15) is 51.0 Å². The highest BCUT2D eigenvalue weighted by atomic mass is 32.2. The van der Waals surface area contributed by atoms with Crippen molar-refractivity contribution < 1.29 is 13.2 Å². The molecule has 5 rings (SSSR count). The molecule has 5 nitrogen and oxygen atoms in total. The first-order valence-electron chi connectivity index (χ1n) is 9.21. The third-order valence-electron chi connectivity index (χ3n) is 6.16. The molecule has 0 saturated heterocycles. The lowest BCUT2D eigenvalue weighted by molar-refractivity contribution is -0.119. The summed E-state index contributed by atoms with van der Waals surface area (Å²) in [7, 11) is -3.51. The molecule has 136 valence electrons. The maximum Gasteiger partial charge on any atom is 0.241 e. The number of nitrogens with one attached hydrogen (secondary N) is 2. The zero-order valence-corrected chi connectivity index (χ0v) is 15.4. The number of sulfonamides is 1. The third kappa shape index (κ3) is 3.47. The fourth-order valence-corrected chi connectivity index (χ4v) is 7.02. The number of hydrogen-bond acceptors (Lipinski definition) is 3. The van der Waals surface area contributed by atoms with E-state index in [1.54, 1.807) is 24.3 Å². The van der Waals surface area contributed by atoms with E-state index in [0.29, 0.717) is 29.2 Å². The van der Waals surface area contributed by atoms with Gasteiger partial charge in [-0.05, 0) is 74.0 Å². The lowest BCUT2D eigenvalue weighted by Crippen LogP contribution is -2.59. The Labute approximate surface area is 149 Å². The van der Waals surface area contributed by atoms with Gasteiger partial charge in [-0.15, -0.1) is 0 Å². The summed E-state index contributed by atoms with van der Waals surface area (Å²) in [6.45, 7) is 1.88. The quantitative estimate of drug-likeness (QED) is 0.845. The summed E-state index contributed by atoms with van der Waals surface area (Å²) in [5, 5.41) is 2.72. The molecular weight excluding hydrogens is 336 g/mol. The number of carbonyl (C=O) groups excluding carboxylic acids is 1. The molecule has 0 atom stereocenters. The van der Waals surface area contributed by atoms with E-state index in [9.17, 15) is 13.2 Å². The molecule has 0 aliphatic heterocycles. The molecule has 1 aromatic rings. The van der Waals surface area contributed by atoms with Crippen LogP contribution in [-0.4, -0.2) is 19.9 Å². The van der Waals surface area contributed by atoms with Gasteiger partial charge in [-0.1, -0.05) is 12.1 Å². The van der Waals surface area contributed by atoms with Gasteiger partial charge >= 0.3 is 0 Å². The molecule has 1 amide bonds. The summed E-state index contributed by atoms with van der Waals surface area (Å²) < 4.78 is 28.9. The Morgan fingerprint density at radius 3 is 2.04 bits per heavy atom. The first-order valence-corrected chi connectivity index (χ1v) is 10.7. The molecule has 0 aromatic heterocycles. The first-order chi connectivity index (χ1) is 11.8. The summed E-state index contributed by atoms with van der Waals surface area (Å²) in [4.78, 5) is 11.3. The normalized spacial score (nSPS) is 33.4. The van der Waals surface area contributed by atoms with E-state index in [2.05, 4.69) is 10.0 Å².